The second-order valence-corrected chi connectivity index (χ2v) is 6.63. The zero-order valence-corrected chi connectivity index (χ0v) is 13.2. The molecule has 2 aromatic carbocycles. The molecule has 0 unspecified atom stereocenters. The molecule has 0 aliphatic heterocycles. The highest BCUT2D eigenvalue weighted by Crippen LogP contribution is 2.23. The fraction of sp³-hybridized carbons (Fsp3) is 0.133. The van der Waals surface area contributed by atoms with E-state index in [0.717, 1.165) is 0 Å². The van der Waals surface area contributed by atoms with E-state index >= 15 is 0 Å². The van der Waals surface area contributed by atoms with Crippen LogP contribution in [0.2, 0.25) is 0 Å². The summed E-state index contributed by atoms with van der Waals surface area (Å²) in [6.07, 6.45) is 0.708. The molecule has 0 aliphatic rings. The van der Waals surface area contributed by atoms with Crippen molar-refractivity contribution in [1.82, 2.24) is 4.72 Å². The predicted octanol–water partition coefficient (Wildman–Crippen LogP) is 2.37. The summed E-state index contributed by atoms with van der Waals surface area (Å²) < 4.78 is 69.1. The number of hydrogen-bond donors (Lipinski definition) is 1. The van der Waals surface area contributed by atoms with Gasteiger partial charge in [-0.05, 0) is 23.8 Å². The van der Waals surface area contributed by atoms with Crippen molar-refractivity contribution in [3.63, 3.8) is 0 Å². The first-order valence-corrected chi connectivity index (χ1v) is 8.43. The van der Waals surface area contributed by atoms with Gasteiger partial charge in [-0.1, -0.05) is 12.1 Å². The first-order chi connectivity index (χ1) is 11.2. The van der Waals surface area contributed by atoms with Crippen molar-refractivity contribution >= 4 is 15.9 Å². The first-order valence-electron chi connectivity index (χ1n) is 6.54. The standard InChI is InChI=1S/C15H12F3NO4S/c1-24(21,22)19-15(20)11-6-13(18)14(7-12(11)17)23-8-9-2-4-10(16)5-3-9/h2-7H,8H2,1H3,(H,19,20). The lowest BCUT2D eigenvalue weighted by Crippen LogP contribution is -2.30. The van der Waals surface area contributed by atoms with E-state index in [1.807, 2.05) is 0 Å². The minimum absolute atomic E-state index is 0.147. The smallest absolute Gasteiger partial charge is 0.267 e. The third-order valence-electron chi connectivity index (χ3n) is 2.85. The Hall–Kier alpha value is -2.55. The molecule has 0 saturated carbocycles. The maximum Gasteiger partial charge on any atom is 0.267 e. The number of carbonyl (C=O) groups is 1. The zero-order chi connectivity index (χ0) is 17.9. The molecule has 0 heterocycles. The molecule has 24 heavy (non-hydrogen) atoms. The summed E-state index contributed by atoms with van der Waals surface area (Å²) in [6, 6.07) is 6.38. The molecule has 0 fully saturated rings. The molecule has 128 valence electrons. The van der Waals surface area contributed by atoms with Crippen LogP contribution in [0.1, 0.15) is 15.9 Å². The molecule has 0 aliphatic carbocycles. The van der Waals surface area contributed by atoms with E-state index in [1.165, 1.54) is 29.0 Å². The van der Waals surface area contributed by atoms with Crippen molar-refractivity contribution in [2.75, 3.05) is 6.26 Å². The van der Waals surface area contributed by atoms with Crippen LogP contribution >= 0.6 is 0 Å². The summed E-state index contributed by atoms with van der Waals surface area (Å²) in [5.41, 5.74) is -0.248. The molecule has 2 rings (SSSR count). The second kappa shape index (κ2) is 6.91. The van der Waals surface area contributed by atoms with Gasteiger partial charge in [-0.15, -0.1) is 0 Å². The molecule has 0 atom stereocenters. The number of ether oxygens (including phenoxy) is 1. The van der Waals surface area contributed by atoms with E-state index < -0.39 is 44.7 Å². The van der Waals surface area contributed by atoms with Crippen molar-refractivity contribution in [2.45, 2.75) is 6.61 Å². The highest BCUT2D eigenvalue weighted by Gasteiger charge is 2.19. The summed E-state index contributed by atoms with van der Waals surface area (Å²) >= 11 is 0. The van der Waals surface area contributed by atoms with Crippen LogP contribution in [0.15, 0.2) is 36.4 Å². The van der Waals surface area contributed by atoms with Crippen LogP contribution in [0.25, 0.3) is 0 Å². The Morgan fingerprint density at radius 2 is 1.71 bits per heavy atom. The minimum Gasteiger partial charge on any atom is -0.486 e. The van der Waals surface area contributed by atoms with Crippen LogP contribution < -0.4 is 9.46 Å². The van der Waals surface area contributed by atoms with Gasteiger partial charge in [0.05, 0.1) is 11.8 Å². The van der Waals surface area contributed by atoms with Gasteiger partial charge in [0.2, 0.25) is 10.0 Å². The van der Waals surface area contributed by atoms with Crippen molar-refractivity contribution in [2.24, 2.45) is 0 Å². The Morgan fingerprint density at radius 1 is 1.08 bits per heavy atom. The quantitative estimate of drug-likeness (QED) is 0.890. The number of sulfonamides is 1. The normalized spacial score (nSPS) is 11.2. The van der Waals surface area contributed by atoms with Crippen molar-refractivity contribution < 1.29 is 31.1 Å². The molecule has 0 saturated heterocycles. The van der Waals surface area contributed by atoms with Gasteiger partial charge in [-0.3, -0.25) is 4.79 Å². The average Bonchev–Trinajstić information content (AvgIpc) is 2.47. The highest BCUT2D eigenvalue weighted by molar-refractivity contribution is 7.89. The number of carbonyl (C=O) groups excluding carboxylic acids is 1. The lowest BCUT2D eigenvalue weighted by atomic mass is 10.2. The molecule has 0 aromatic heterocycles. The third kappa shape index (κ3) is 4.72. The lowest BCUT2D eigenvalue weighted by Gasteiger charge is -2.10. The SMILES string of the molecule is CS(=O)(=O)NC(=O)c1cc(F)c(OCc2ccc(F)cc2)cc1F. The van der Waals surface area contributed by atoms with E-state index in [1.54, 1.807) is 0 Å². The van der Waals surface area contributed by atoms with Gasteiger partial charge in [0, 0.05) is 6.07 Å². The Morgan fingerprint density at radius 3 is 2.29 bits per heavy atom. The molecular formula is C15H12F3NO4S. The molecule has 0 spiro atoms. The Labute approximate surface area is 136 Å². The van der Waals surface area contributed by atoms with Gasteiger partial charge in [-0.25, -0.2) is 26.3 Å². The third-order valence-corrected chi connectivity index (χ3v) is 3.41. The van der Waals surface area contributed by atoms with Crippen molar-refractivity contribution in [3.05, 3.63) is 65.0 Å². The van der Waals surface area contributed by atoms with E-state index in [0.29, 0.717) is 24.0 Å². The monoisotopic (exact) mass is 359 g/mol. The summed E-state index contributed by atoms with van der Waals surface area (Å²) in [6.45, 7) is -0.147. The average molecular weight is 359 g/mol. The molecule has 2 aromatic rings. The number of nitrogens with one attached hydrogen (secondary N) is 1. The van der Waals surface area contributed by atoms with Gasteiger partial charge >= 0.3 is 0 Å². The van der Waals surface area contributed by atoms with Crippen LogP contribution in [-0.2, 0) is 16.6 Å². The van der Waals surface area contributed by atoms with Crippen LogP contribution in [0.4, 0.5) is 13.2 Å². The molecule has 0 bridgehead atoms. The summed E-state index contributed by atoms with van der Waals surface area (Å²) in [5, 5.41) is 0. The number of benzene rings is 2. The Kier molecular flexibility index (Phi) is 5.13. The molecule has 5 nitrogen and oxygen atoms in total. The highest BCUT2D eigenvalue weighted by atomic mass is 32.2. The predicted molar refractivity (Wildman–Crippen MR) is 79.4 cm³/mol. The fourth-order valence-electron chi connectivity index (χ4n) is 1.78. The summed E-state index contributed by atoms with van der Waals surface area (Å²) in [7, 11) is -3.91. The van der Waals surface area contributed by atoms with E-state index in [4.69, 9.17) is 4.74 Å². The van der Waals surface area contributed by atoms with Gasteiger partial charge in [0.25, 0.3) is 5.91 Å². The van der Waals surface area contributed by atoms with Crippen LogP contribution in [-0.4, -0.2) is 20.6 Å². The van der Waals surface area contributed by atoms with Crippen LogP contribution in [0.5, 0.6) is 5.75 Å². The molecule has 1 N–H and O–H groups in total. The Bertz CT molecular complexity index is 867. The fourth-order valence-corrected chi connectivity index (χ4v) is 2.23. The largest absolute Gasteiger partial charge is 0.486 e. The maximum absolute atomic E-state index is 13.9. The van der Waals surface area contributed by atoms with Gasteiger partial charge < -0.3 is 4.74 Å². The van der Waals surface area contributed by atoms with Crippen LogP contribution in [0.3, 0.4) is 0 Å². The zero-order valence-electron chi connectivity index (χ0n) is 12.3. The minimum atomic E-state index is -3.91. The Balaban J connectivity index is 2.17. The van der Waals surface area contributed by atoms with Gasteiger partial charge in [0.15, 0.2) is 11.6 Å². The number of halogens is 3. The first kappa shape index (κ1) is 17.8. The number of amides is 1. The van der Waals surface area contributed by atoms with Crippen molar-refractivity contribution in [1.29, 1.82) is 0 Å². The number of rotatable bonds is 5. The molecule has 9 heteroatoms. The summed E-state index contributed by atoms with van der Waals surface area (Å²) in [4.78, 5) is 11.6. The second-order valence-electron chi connectivity index (χ2n) is 4.88. The lowest BCUT2D eigenvalue weighted by molar-refractivity contribution is 0.0977. The molecular weight excluding hydrogens is 347 g/mol. The molecule has 0 radical (unpaired) electrons. The van der Waals surface area contributed by atoms with E-state index in [-0.39, 0.29) is 6.61 Å². The van der Waals surface area contributed by atoms with Gasteiger partial charge in [0.1, 0.15) is 18.2 Å². The summed E-state index contributed by atoms with van der Waals surface area (Å²) in [5.74, 6) is -4.40. The number of hydrogen-bond acceptors (Lipinski definition) is 4. The molecule has 1 amide bonds. The van der Waals surface area contributed by atoms with Gasteiger partial charge in [-0.2, -0.15) is 0 Å². The van der Waals surface area contributed by atoms with Crippen molar-refractivity contribution in [3.8, 4) is 5.75 Å². The topological polar surface area (TPSA) is 72.5 Å². The van der Waals surface area contributed by atoms with E-state index in [2.05, 4.69) is 0 Å². The van der Waals surface area contributed by atoms with Crippen LogP contribution in [0, 0.1) is 17.5 Å². The van der Waals surface area contributed by atoms with E-state index in [9.17, 15) is 26.4 Å². The maximum atomic E-state index is 13.9.